The van der Waals surface area contributed by atoms with Crippen molar-refractivity contribution in [2.75, 3.05) is 20.1 Å². The second-order valence-corrected chi connectivity index (χ2v) is 10.2. The Hall–Kier alpha value is -3.46. The second-order valence-electron chi connectivity index (χ2n) is 10.2. The number of ether oxygens (including phenoxy) is 1. The summed E-state index contributed by atoms with van der Waals surface area (Å²) < 4.78 is 20.1. The van der Waals surface area contributed by atoms with Crippen LogP contribution in [0, 0.1) is 5.82 Å². The van der Waals surface area contributed by atoms with Gasteiger partial charge in [0.05, 0.1) is 6.04 Å². The molecule has 0 saturated carbocycles. The highest BCUT2D eigenvalue weighted by Gasteiger charge is 2.31. The summed E-state index contributed by atoms with van der Waals surface area (Å²) in [4.78, 5) is 41.2. The third-order valence-corrected chi connectivity index (χ3v) is 7.03. The normalized spacial score (nSPS) is 24.0. The SMILES string of the molecule is CCC[C@@H]1NC[C@@H](C)Oc2cc(F)ccc2CCCNC(=O)[C@@H](Cc2ccccc2)NC(=O)[C@@H](C)N(C)C1=O. The van der Waals surface area contributed by atoms with Crippen LogP contribution in [-0.4, -0.2) is 67.0 Å². The van der Waals surface area contributed by atoms with Crippen LogP contribution in [-0.2, 0) is 27.2 Å². The van der Waals surface area contributed by atoms with Crippen LogP contribution in [0.4, 0.5) is 4.39 Å². The highest BCUT2D eigenvalue weighted by molar-refractivity contribution is 5.92. The summed E-state index contributed by atoms with van der Waals surface area (Å²) >= 11 is 0. The van der Waals surface area contributed by atoms with E-state index < -0.39 is 29.8 Å². The van der Waals surface area contributed by atoms with Crippen molar-refractivity contribution in [2.45, 2.75) is 77.1 Å². The van der Waals surface area contributed by atoms with Crippen molar-refractivity contribution in [3.63, 3.8) is 0 Å². The largest absolute Gasteiger partial charge is 0.489 e. The summed E-state index contributed by atoms with van der Waals surface area (Å²) in [7, 11) is 1.60. The van der Waals surface area contributed by atoms with Crippen molar-refractivity contribution in [1.29, 1.82) is 0 Å². The number of carbonyl (C=O) groups is 3. The molecule has 3 amide bonds. The maximum atomic E-state index is 14.0. The van der Waals surface area contributed by atoms with E-state index in [2.05, 4.69) is 16.0 Å². The summed E-state index contributed by atoms with van der Waals surface area (Å²) in [5.41, 5.74) is 1.74. The smallest absolute Gasteiger partial charge is 0.243 e. The molecule has 0 radical (unpaired) electrons. The van der Waals surface area contributed by atoms with E-state index in [0.29, 0.717) is 44.5 Å². The molecular formula is C30H41FN4O4. The third-order valence-electron chi connectivity index (χ3n) is 7.03. The van der Waals surface area contributed by atoms with Crippen molar-refractivity contribution >= 4 is 17.7 Å². The van der Waals surface area contributed by atoms with E-state index in [-0.39, 0.29) is 17.9 Å². The molecule has 3 N–H and O–H groups in total. The van der Waals surface area contributed by atoms with Crippen LogP contribution in [0.1, 0.15) is 51.2 Å². The molecule has 1 heterocycles. The van der Waals surface area contributed by atoms with Gasteiger partial charge in [-0.1, -0.05) is 49.7 Å². The zero-order chi connectivity index (χ0) is 28.4. The van der Waals surface area contributed by atoms with E-state index in [9.17, 15) is 18.8 Å². The lowest BCUT2D eigenvalue weighted by atomic mass is 10.0. The number of halogens is 1. The number of nitrogens with one attached hydrogen (secondary N) is 3. The van der Waals surface area contributed by atoms with Crippen LogP contribution in [0.2, 0.25) is 0 Å². The fourth-order valence-corrected chi connectivity index (χ4v) is 4.59. The van der Waals surface area contributed by atoms with Gasteiger partial charge in [0.2, 0.25) is 17.7 Å². The lowest BCUT2D eigenvalue weighted by molar-refractivity contribution is -0.141. The van der Waals surface area contributed by atoms with E-state index in [4.69, 9.17) is 4.74 Å². The average molecular weight is 541 g/mol. The van der Waals surface area contributed by atoms with Gasteiger partial charge in [0.1, 0.15) is 29.8 Å². The molecule has 4 atom stereocenters. The average Bonchev–Trinajstić information content (AvgIpc) is 2.92. The first-order chi connectivity index (χ1) is 18.7. The Labute approximate surface area is 230 Å². The Balaban J connectivity index is 1.87. The number of carbonyl (C=O) groups excluding carboxylic acids is 3. The number of nitrogens with zero attached hydrogens (tertiary/aromatic N) is 1. The molecule has 0 fully saturated rings. The van der Waals surface area contributed by atoms with E-state index in [1.165, 1.54) is 17.0 Å². The zero-order valence-electron chi connectivity index (χ0n) is 23.3. The first-order valence-corrected chi connectivity index (χ1v) is 13.8. The van der Waals surface area contributed by atoms with Crippen LogP contribution in [0.15, 0.2) is 48.5 Å². The molecule has 3 rings (SSSR count). The summed E-state index contributed by atoms with van der Waals surface area (Å²) in [5, 5.41) is 9.08. The van der Waals surface area contributed by atoms with Crippen LogP contribution >= 0.6 is 0 Å². The maximum Gasteiger partial charge on any atom is 0.243 e. The molecule has 1 aliphatic rings. The number of likely N-dealkylation sites (N-methyl/N-ethyl adjacent to an activating group) is 1. The van der Waals surface area contributed by atoms with Crippen LogP contribution in [0.3, 0.4) is 0 Å². The Bertz CT molecular complexity index is 1110. The number of benzene rings is 2. The molecule has 0 saturated heterocycles. The van der Waals surface area contributed by atoms with E-state index >= 15 is 0 Å². The molecule has 1 aliphatic heterocycles. The van der Waals surface area contributed by atoms with Crippen LogP contribution in [0.5, 0.6) is 5.75 Å². The molecule has 0 bridgehead atoms. The predicted molar refractivity (Wildman–Crippen MR) is 149 cm³/mol. The molecule has 0 spiro atoms. The Morgan fingerprint density at radius 1 is 1.03 bits per heavy atom. The minimum absolute atomic E-state index is 0.219. The molecule has 2 aromatic rings. The van der Waals surface area contributed by atoms with Crippen molar-refractivity contribution in [2.24, 2.45) is 0 Å². The number of amides is 3. The third kappa shape index (κ3) is 8.78. The second kappa shape index (κ2) is 14.6. The van der Waals surface area contributed by atoms with Gasteiger partial charge in [-0.2, -0.15) is 0 Å². The Morgan fingerprint density at radius 2 is 1.77 bits per heavy atom. The fourth-order valence-electron chi connectivity index (χ4n) is 4.59. The summed E-state index contributed by atoms with van der Waals surface area (Å²) in [6.45, 7) is 6.25. The van der Waals surface area contributed by atoms with Gasteiger partial charge in [-0.05, 0) is 50.3 Å². The number of aryl methyl sites for hydroxylation is 1. The first-order valence-electron chi connectivity index (χ1n) is 13.8. The maximum absolute atomic E-state index is 14.0. The van der Waals surface area contributed by atoms with Crippen molar-refractivity contribution in [3.8, 4) is 5.75 Å². The molecular weight excluding hydrogens is 499 g/mol. The molecule has 39 heavy (non-hydrogen) atoms. The molecule has 212 valence electrons. The number of rotatable bonds is 4. The fraction of sp³-hybridized carbons (Fsp3) is 0.500. The Kier molecular flexibility index (Phi) is 11.3. The summed E-state index contributed by atoms with van der Waals surface area (Å²) in [6, 6.07) is 11.8. The van der Waals surface area contributed by atoms with Crippen molar-refractivity contribution < 1.29 is 23.5 Å². The highest BCUT2D eigenvalue weighted by atomic mass is 19.1. The highest BCUT2D eigenvalue weighted by Crippen LogP contribution is 2.23. The van der Waals surface area contributed by atoms with Crippen molar-refractivity contribution in [3.05, 3.63) is 65.5 Å². The van der Waals surface area contributed by atoms with Gasteiger partial charge >= 0.3 is 0 Å². The van der Waals surface area contributed by atoms with Gasteiger partial charge in [0.15, 0.2) is 0 Å². The topological polar surface area (TPSA) is 99.8 Å². The summed E-state index contributed by atoms with van der Waals surface area (Å²) in [6.07, 6.45) is 2.51. The van der Waals surface area contributed by atoms with Gasteiger partial charge in [-0.3, -0.25) is 14.4 Å². The molecule has 0 aromatic heterocycles. The molecule has 0 aliphatic carbocycles. The molecule has 0 unspecified atom stereocenters. The van der Waals surface area contributed by atoms with Gasteiger partial charge < -0.3 is 25.6 Å². The van der Waals surface area contributed by atoms with Crippen LogP contribution < -0.4 is 20.7 Å². The number of hydrogen-bond acceptors (Lipinski definition) is 5. The van der Waals surface area contributed by atoms with Crippen LogP contribution in [0.25, 0.3) is 0 Å². The lowest BCUT2D eigenvalue weighted by Gasteiger charge is -2.30. The van der Waals surface area contributed by atoms with Gasteiger partial charge in [0.25, 0.3) is 0 Å². The van der Waals surface area contributed by atoms with Gasteiger partial charge in [-0.25, -0.2) is 4.39 Å². The minimum atomic E-state index is -0.806. The standard InChI is InChI=1S/C30H41FN4O4/c1-5-10-25-30(38)35(4)21(3)28(36)34-26(17-22-11-7-6-8-12-22)29(37)32-16-9-13-23-14-15-24(31)18-27(23)39-20(2)19-33-25/h6-8,11-12,14-15,18,20-21,25-26,33H,5,9-10,13,16-17,19H2,1-4H3,(H,32,37)(H,34,36)/t20-,21-,25+,26-/m1/s1. The molecule has 2 aromatic carbocycles. The minimum Gasteiger partial charge on any atom is -0.489 e. The first kappa shape index (κ1) is 30.1. The lowest BCUT2D eigenvalue weighted by Crippen LogP contribution is -2.56. The monoisotopic (exact) mass is 540 g/mol. The van der Waals surface area contributed by atoms with Gasteiger partial charge in [0, 0.05) is 32.6 Å². The van der Waals surface area contributed by atoms with Crippen molar-refractivity contribution in [1.82, 2.24) is 20.9 Å². The molecule has 8 nitrogen and oxygen atoms in total. The quantitative estimate of drug-likeness (QED) is 0.554. The number of fused-ring (bicyclic) bond motifs is 1. The van der Waals surface area contributed by atoms with E-state index in [1.54, 1.807) is 20.0 Å². The summed E-state index contributed by atoms with van der Waals surface area (Å²) in [5.74, 6) is -0.855. The Morgan fingerprint density at radius 3 is 2.49 bits per heavy atom. The van der Waals surface area contributed by atoms with E-state index in [0.717, 1.165) is 17.5 Å². The zero-order valence-corrected chi connectivity index (χ0v) is 23.3. The van der Waals surface area contributed by atoms with E-state index in [1.807, 2.05) is 44.2 Å². The van der Waals surface area contributed by atoms with Gasteiger partial charge in [-0.15, -0.1) is 0 Å². The number of hydrogen-bond donors (Lipinski definition) is 3. The molecule has 9 heteroatoms. The predicted octanol–water partition coefficient (Wildman–Crippen LogP) is 2.99.